The van der Waals surface area contributed by atoms with Crippen LogP contribution in [0.15, 0.2) is 53.1 Å². The first-order chi connectivity index (χ1) is 10.2. The number of hydrogen-bond acceptors (Lipinski definition) is 4. The van der Waals surface area contributed by atoms with E-state index in [0.717, 1.165) is 16.9 Å². The van der Waals surface area contributed by atoms with Gasteiger partial charge < -0.3 is 14.9 Å². The molecule has 0 aliphatic rings. The van der Waals surface area contributed by atoms with Crippen molar-refractivity contribution in [3.05, 3.63) is 53.7 Å². The Morgan fingerprint density at radius 3 is 2.48 bits per heavy atom. The number of ether oxygens (including phenoxy) is 1. The van der Waals surface area contributed by atoms with E-state index in [0.29, 0.717) is 22.4 Å². The van der Waals surface area contributed by atoms with Crippen molar-refractivity contribution >= 4 is 17.3 Å². The molecule has 3 aromatic rings. The second kappa shape index (κ2) is 5.50. The molecule has 2 N–H and O–H groups in total. The SMILES string of the molecule is COc1ccc(-c2cnc(-c3ccc(Cl)c(N)c3)o2)cc1. The summed E-state index contributed by atoms with van der Waals surface area (Å²) in [5.74, 6) is 1.98. The largest absolute Gasteiger partial charge is 0.497 e. The Labute approximate surface area is 127 Å². The van der Waals surface area contributed by atoms with Crippen molar-refractivity contribution in [2.24, 2.45) is 0 Å². The molecule has 0 aliphatic heterocycles. The lowest BCUT2D eigenvalue weighted by Gasteiger charge is -2.01. The first-order valence-electron chi connectivity index (χ1n) is 6.33. The number of nitrogen functional groups attached to an aromatic ring is 1. The molecule has 0 saturated heterocycles. The molecule has 0 fully saturated rings. The van der Waals surface area contributed by atoms with Gasteiger partial charge in [-0.25, -0.2) is 4.98 Å². The van der Waals surface area contributed by atoms with Crippen LogP contribution in [0.25, 0.3) is 22.8 Å². The van der Waals surface area contributed by atoms with E-state index >= 15 is 0 Å². The molecule has 0 saturated carbocycles. The normalized spacial score (nSPS) is 10.6. The predicted octanol–water partition coefficient (Wildman–Crippen LogP) is 4.25. The number of oxazole rings is 1. The third-order valence-electron chi connectivity index (χ3n) is 3.12. The van der Waals surface area contributed by atoms with Crippen LogP contribution in [0.4, 0.5) is 5.69 Å². The van der Waals surface area contributed by atoms with Crippen molar-refractivity contribution in [1.29, 1.82) is 0 Å². The minimum Gasteiger partial charge on any atom is -0.497 e. The van der Waals surface area contributed by atoms with Crippen LogP contribution >= 0.6 is 11.6 Å². The molecule has 0 atom stereocenters. The Hall–Kier alpha value is -2.46. The number of anilines is 1. The van der Waals surface area contributed by atoms with Crippen LogP contribution in [0.3, 0.4) is 0 Å². The third kappa shape index (κ3) is 2.71. The van der Waals surface area contributed by atoms with Gasteiger partial charge in [0.25, 0.3) is 0 Å². The Balaban J connectivity index is 1.93. The topological polar surface area (TPSA) is 61.3 Å². The van der Waals surface area contributed by atoms with Crippen LogP contribution in [0.2, 0.25) is 5.02 Å². The maximum absolute atomic E-state index is 5.91. The number of hydrogen-bond donors (Lipinski definition) is 1. The highest BCUT2D eigenvalue weighted by Crippen LogP contribution is 2.30. The van der Waals surface area contributed by atoms with Crippen molar-refractivity contribution in [3.63, 3.8) is 0 Å². The lowest BCUT2D eigenvalue weighted by atomic mass is 10.2. The lowest BCUT2D eigenvalue weighted by molar-refractivity contribution is 0.415. The first kappa shape index (κ1) is 13.5. The van der Waals surface area contributed by atoms with E-state index in [-0.39, 0.29) is 0 Å². The molecular formula is C16H13ClN2O2. The van der Waals surface area contributed by atoms with Crippen LogP contribution in [-0.2, 0) is 0 Å². The van der Waals surface area contributed by atoms with Crippen molar-refractivity contribution in [3.8, 4) is 28.5 Å². The summed E-state index contributed by atoms with van der Waals surface area (Å²) >= 11 is 5.91. The number of methoxy groups -OCH3 is 1. The summed E-state index contributed by atoms with van der Waals surface area (Å²) in [4.78, 5) is 4.28. The van der Waals surface area contributed by atoms with Gasteiger partial charge in [0, 0.05) is 11.1 Å². The zero-order valence-corrected chi connectivity index (χ0v) is 12.1. The van der Waals surface area contributed by atoms with E-state index < -0.39 is 0 Å². The average Bonchev–Trinajstić information content (AvgIpc) is 3.00. The molecule has 0 spiro atoms. The van der Waals surface area contributed by atoms with Gasteiger partial charge in [-0.05, 0) is 42.5 Å². The smallest absolute Gasteiger partial charge is 0.226 e. The summed E-state index contributed by atoms with van der Waals surface area (Å²) in [5, 5.41) is 0.515. The molecule has 0 aliphatic carbocycles. The van der Waals surface area contributed by atoms with Crippen LogP contribution < -0.4 is 10.5 Å². The third-order valence-corrected chi connectivity index (χ3v) is 3.47. The maximum Gasteiger partial charge on any atom is 0.226 e. The van der Waals surface area contributed by atoms with Gasteiger partial charge in [-0.2, -0.15) is 0 Å². The molecule has 1 heterocycles. The van der Waals surface area contributed by atoms with E-state index in [9.17, 15) is 0 Å². The molecule has 21 heavy (non-hydrogen) atoms. The molecule has 1 aromatic heterocycles. The second-order valence-electron chi connectivity index (χ2n) is 4.49. The summed E-state index contributed by atoms with van der Waals surface area (Å²) in [7, 11) is 1.63. The van der Waals surface area contributed by atoms with Crippen molar-refractivity contribution in [2.75, 3.05) is 12.8 Å². The first-order valence-corrected chi connectivity index (χ1v) is 6.71. The van der Waals surface area contributed by atoms with Crippen molar-refractivity contribution < 1.29 is 9.15 Å². The van der Waals surface area contributed by atoms with E-state index in [2.05, 4.69) is 4.98 Å². The second-order valence-corrected chi connectivity index (χ2v) is 4.90. The minimum absolute atomic E-state index is 0.498. The summed E-state index contributed by atoms with van der Waals surface area (Å²) in [6.07, 6.45) is 1.68. The zero-order valence-electron chi connectivity index (χ0n) is 11.3. The number of halogens is 1. The number of nitrogens with two attached hydrogens (primary N) is 1. The molecule has 106 valence electrons. The number of rotatable bonds is 3. The Morgan fingerprint density at radius 1 is 1.10 bits per heavy atom. The summed E-state index contributed by atoms with van der Waals surface area (Å²) in [5.41, 5.74) is 8.01. The quantitative estimate of drug-likeness (QED) is 0.734. The number of aromatic nitrogens is 1. The Morgan fingerprint density at radius 2 is 1.81 bits per heavy atom. The van der Waals surface area contributed by atoms with E-state index in [4.69, 9.17) is 26.5 Å². The van der Waals surface area contributed by atoms with Gasteiger partial charge in [-0.1, -0.05) is 11.6 Å². The number of benzene rings is 2. The maximum atomic E-state index is 5.91. The highest BCUT2D eigenvalue weighted by molar-refractivity contribution is 6.33. The molecule has 5 heteroatoms. The Bertz CT molecular complexity index is 766. The van der Waals surface area contributed by atoms with Crippen LogP contribution in [0, 0.1) is 0 Å². The van der Waals surface area contributed by atoms with Gasteiger partial charge in [0.2, 0.25) is 5.89 Å². The average molecular weight is 301 g/mol. The molecule has 2 aromatic carbocycles. The molecule has 0 bridgehead atoms. The highest BCUT2D eigenvalue weighted by Gasteiger charge is 2.10. The van der Waals surface area contributed by atoms with Gasteiger partial charge in [0.1, 0.15) is 5.75 Å². The van der Waals surface area contributed by atoms with Crippen LogP contribution in [0.5, 0.6) is 5.75 Å². The molecule has 4 nitrogen and oxygen atoms in total. The zero-order chi connectivity index (χ0) is 14.8. The lowest BCUT2D eigenvalue weighted by Crippen LogP contribution is -1.87. The van der Waals surface area contributed by atoms with E-state index in [1.807, 2.05) is 30.3 Å². The monoisotopic (exact) mass is 300 g/mol. The number of nitrogens with zero attached hydrogens (tertiary/aromatic N) is 1. The van der Waals surface area contributed by atoms with Gasteiger partial charge in [0.05, 0.1) is 24.0 Å². The fourth-order valence-electron chi connectivity index (χ4n) is 1.97. The minimum atomic E-state index is 0.498. The highest BCUT2D eigenvalue weighted by atomic mass is 35.5. The van der Waals surface area contributed by atoms with Crippen molar-refractivity contribution in [1.82, 2.24) is 4.98 Å². The predicted molar refractivity (Wildman–Crippen MR) is 83.3 cm³/mol. The van der Waals surface area contributed by atoms with Gasteiger partial charge in [-0.15, -0.1) is 0 Å². The molecular weight excluding hydrogens is 288 g/mol. The van der Waals surface area contributed by atoms with Crippen LogP contribution in [0.1, 0.15) is 0 Å². The summed E-state index contributed by atoms with van der Waals surface area (Å²) in [6, 6.07) is 12.9. The summed E-state index contributed by atoms with van der Waals surface area (Å²) in [6.45, 7) is 0. The Kier molecular flexibility index (Phi) is 3.54. The standard InChI is InChI=1S/C16H13ClN2O2/c1-20-12-5-2-10(3-6-12)15-9-19-16(21-15)11-4-7-13(17)14(18)8-11/h2-9H,18H2,1H3. The van der Waals surface area contributed by atoms with Crippen LogP contribution in [-0.4, -0.2) is 12.1 Å². The molecule has 0 unspecified atom stereocenters. The van der Waals surface area contributed by atoms with E-state index in [1.54, 1.807) is 25.4 Å². The van der Waals surface area contributed by atoms with Gasteiger partial charge >= 0.3 is 0 Å². The molecule has 0 amide bonds. The fourth-order valence-corrected chi connectivity index (χ4v) is 2.09. The van der Waals surface area contributed by atoms with E-state index in [1.165, 1.54) is 0 Å². The van der Waals surface area contributed by atoms with Gasteiger partial charge in [0.15, 0.2) is 5.76 Å². The molecule has 3 rings (SSSR count). The van der Waals surface area contributed by atoms with Gasteiger partial charge in [-0.3, -0.25) is 0 Å². The fraction of sp³-hybridized carbons (Fsp3) is 0.0625. The van der Waals surface area contributed by atoms with Crippen molar-refractivity contribution in [2.45, 2.75) is 0 Å². The summed E-state index contributed by atoms with van der Waals surface area (Å²) < 4.78 is 10.9. The molecule has 0 radical (unpaired) electrons.